The Morgan fingerprint density at radius 2 is 1.45 bits per heavy atom. The number of allylic oxidation sites excluding steroid dienone is 1. The van der Waals surface area contributed by atoms with Crippen LogP contribution in [0.25, 0.3) is 22.3 Å². The first-order valence-corrected chi connectivity index (χ1v) is 13.7. The number of benzene rings is 3. The van der Waals surface area contributed by atoms with E-state index in [1.165, 1.54) is 14.2 Å². The van der Waals surface area contributed by atoms with Crippen LogP contribution in [-0.4, -0.2) is 56.7 Å². The average molecular weight is 542 g/mol. The summed E-state index contributed by atoms with van der Waals surface area (Å²) in [6.45, 7) is 4.37. The van der Waals surface area contributed by atoms with Crippen LogP contribution in [-0.2, 0) is 10.1 Å². The topological polar surface area (TPSA) is 83.5 Å². The van der Waals surface area contributed by atoms with Crippen molar-refractivity contribution in [1.82, 2.24) is 0 Å². The lowest BCUT2D eigenvalue weighted by atomic mass is 9.96. The molecule has 3 aromatic carbocycles. The molecule has 0 radical (unpaired) electrons. The third kappa shape index (κ3) is 6.72. The van der Waals surface area contributed by atoms with E-state index in [1.54, 1.807) is 31.4 Å². The van der Waals surface area contributed by atoms with Crippen molar-refractivity contribution in [3.63, 3.8) is 0 Å². The molecule has 0 atom stereocenters. The van der Waals surface area contributed by atoms with Gasteiger partial charge in [-0.05, 0) is 61.4 Å². The maximum Gasteiger partial charge on any atom is 0.306 e. The number of hydrogen-bond donors (Lipinski definition) is 0. The quantitative estimate of drug-likeness (QED) is 0.223. The molecule has 3 aromatic rings. The Morgan fingerprint density at radius 1 is 0.816 bits per heavy atom. The summed E-state index contributed by atoms with van der Waals surface area (Å²) in [6, 6.07) is 14.9. The zero-order chi connectivity index (χ0) is 28.0. The minimum atomic E-state index is -3.93. The highest BCUT2D eigenvalue weighted by Crippen LogP contribution is 2.51. The van der Waals surface area contributed by atoms with Crippen molar-refractivity contribution in [3.8, 4) is 51.0 Å². The molecule has 0 unspecified atom stereocenters. The van der Waals surface area contributed by atoms with Crippen LogP contribution in [0.2, 0.25) is 0 Å². The van der Waals surface area contributed by atoms with Crippen LogP contribution in [0.5, 0.6) is 28.7 Å². The van der Waals surface area contributed by atoms with Gasteiger partial charge in [0.1, 0.15) is 12.4 Å². The van der Waals surface area contributed by atoms with Gasteiger partial charge in [-0.25, -0.2) is 0 Å². The number of anilines is 1. The smallest absolute Gasteiger partial charge is 0.306 e. The Hall–Kier alpha value is -3.85. The van der Waals surface area contributed by atoms with Gasteiger partial charge in [-0.1, -0.05) is 23.8 Å². The van der Waals surface area contributed by atoms with Gasteiger partial charge in [0.15, 0.2) is 23.0 Å². The van der Waals surface area contributed by atoms with E-state index < -0.39 is 10.1 Å². The van der Waals surface area contributed by atoms with E-state index in [-0.39, 0.29) is 11.5 Å². The number of hydrogen-bond acceptors (Lipinski definition) is 8. The van der Waals surface area contributed by atoms with Gasteiger partial charge >= 0.3 is 10.1 Å². The van der Waals surface area contributed by atoms with Crippen LogP contribution < -0.4 is 28.0 Å². The zero-order valence-corrected chi connectivity index (χ0v) is 23.9. The summed E-state index contributed by atoms with van der Waals surface area (Å²) in [5.41, 5.74) is 4.57. The first-order valence-electron chi connectivity index (χ1n) is 11.9. The van der Waals surface area contributed by atoms with Crippen LogP contribution in [0.3, 0.4) is 0 Å². The monoisotopic (exact) mass is 541 g/mol. The summed E-state index contributed by atoms with van der Waals surface area (Å²) in [6.07, 6.45) is 2.95. The summed E-state index contributed by atoms with van der Waals surface area (Å²) in [7, 11) is 4.51. The molecule has 0 bridgehead atoms. The van der Waals surface area contributed by atoms with Gasteiger partial charge in [-0.3, -0.25) is 0 Å². The first-order chi connectivity index (χ1) is 18.0. The molecular formula is C29H35NO7S. The molecule has 0 N–H and O–H groups in total. The van der Waals surface area contributed by atoms with Crippen molar-refractivity contribution in [3.05, 3.63) is 60.2 Å². The lowest BCUT2D eigenvalue weighted by Crippen LogP contribution is -2.10. The number of nitrogens with zero attached hydrogens (tertiary/aromatic N) is 1. The second-order valence-electron chi connectivity index (χ2n) is 9.05. The summed E-state index contributed by atoms with van der Waals surface area (Å²) in [5, 5.41) is 0. The fraction of sp³-hybridized carbons (Fsp3) is 0.310. The first kappa shape index (κ1) is 28.7. The number of ether oxygens (including phenoxy) is 4. The molecule has 8 nitrogen and oxygen atoms in total. The summed E-state index contributed by atoms with van der Waals surface area (Å²) in [5.74, 6) is 1.69. The molecule has 9 heteroatoms. The third-order valence-electron chi connectivity index (χ3n) is 5.74. The Bertz CT molecular complexity index is 1410. The van der Waals surface area contributed by atoms with E-state index >= 15 is 0 Å². The maximum absolute atomic E-state index is 12.4. The molecule has 0 saturated carbocycles. The van der Waals surface area contributed by atoms with Gasteiger partial charge in [0, 0.05) is 25.3 Å². The van der Waals surface area contributed by atoms with Crippen LogP contribution in [0, 0.1) is 0 Å². The van der Waals surface area contributed by atoms with Gasteiger partial charge in [0.05, 0.1) is 33.1 Å². The predicted molar refractivity (Wildman–Crippen MR) is 152 cm³/mol. The van der Waals surface area contributed by atoms with E-state index in [0.717, 1.165) is 23.1 Å². The van der Waals surface area contributed by atoms with E-state index in [0.29, 0.717) is 40.5 Å². The van der Waals surface area contributed by atoms with Crippen molar-refractivity contribution in [2.45, 2.75) is 13.8 Å². The second-order valence-corrected chi connectivity index (χ2v) is 10.6. The summed E-state index contributed by atoms with van der Waals surface area (Å²) in [4.78, 5) is 1.99. The van der Waals surface area contributed by atoms with Gasteiger partial charge in [0.2, 0.25) is 0 Å². The third-order valence-corrected chi connectivity index (χ3v) is 6.21. The molecule has 0 aliphatic carbocycles. The predicted octanol–water partition coefficient (Wildman–Crippen LogP) is 5.80. The largest absolute Gasteiger partial charge is 0.496 e. The van der Waals surface area contributed by atoms with Gasteiger partial charge in [0.25, 0.3) is 0 Å². The van der Waals surface area contributed by atoms with Crippen LogP contribution in [0.15, 0.2) is 60.2 Å². The fourth-order valence-corrected chi connectivity index (χ4v) is 4.34. The van der Waals surface area contributed by atoms with Crippen molar-refractivity contribution >= 4 is 15.8 Å². The molecule has 0 heterocycles. The Labute approximate surface area is 225 Å². The van der Waals surface area contributed by atoms with Crippen LogP contribution in [0.1, 0.15) is 13.8 Å². The highest BCUT2D eigenvalue weighted by atomic mass is 32.2. The molecule has 0 spiro atoms. The molecule has 3 rings (SSSR count). The summed E-state index contributed by atoms with van der Waals surface area (Å²) < 4.78 is 53.3. The van der Waals surface area contributed by atoms with Gasteiger partial charge < -0.3 is 28.0 Å². The SMILES string of the molecule is COc1cc(-c2c(OC)cc(-c3ccc(N(C)C)cc3)c(OC)c2OS(C)(=O)=O)ccc1OCC=C(C)C. The van der Waals surface area contributed by atoms with Crippen molar-refractivity contribution in [2.75, 3.05) is 53.2 Å². The Kier molecular flexibility index (Phi) is 9.17. The molecule has 0 aromatic heterocycles. The van der Waals surface area contributed by atoms with Crippen LogP contribution >= 0.6 is 0 Å². The van der Waals surface area contributed by atoms with Crippen LogP contribution in [0.4, 0.5) is 5.69 Å². The molecule has 38 heavy (non-hydrogen) atoms. The highest BCUT2D eigenvalue weighted by molar-refractivity contribution is 7.86. The normalized spacial score (nSPS) is 10.9. The standard InChI is InChI=1S/C29H35NO7S/c1-19(2)15-16-36-24-14-11-21(17-25(24)33-5)27-26(34-6)18-23(20-9-12-22(13-10-20)30(3)4)28(35-7)29(27)37-38(8,31)32/h9-15,17-18H,16H2,1-8H3. The van der Waals surface area contributed by atoms with E-state index in [2.05, 4.69) is 0 Å². The molecular weight excluding hydrogens is 506 g/mol. The zero-order valence-electron chi connectivity index (χ0n) is 23.1. The lowest BCUT2D eigenvalue weighted by Gasteiger charge is -2.21. The Morgan fingerprint density at radius 3 is 1.97 bits per heavy atom. The van der Waals surface area contributed by atoms with Crippen molar-refractivity contribution < 1.29 is 31.5 Å². The molecule has 204 valence electrons. The second kappa shape index (κ2) is 12.1. The van der Waals surface area contributed by atoms with E-state index in [9.17, 15) is 8.42 Å². The molecule has 0 saturated heterocycles. The number of methoxy groups -OCH3 is 3. The molecule has 0 amide bonds. The lowest BCUT2D eigenvalue weighted by molar-refractivity contribution is 0.326. The molecule has 0 aliphatic heterocycles. The van der Waals surface area contributed by atoms with Crippen molar-refractivity contribution in [1.29, 1.82) is 0 Å². The highest BCUT2D eigenvalue weighted by Gasteiger charge is 2.27. The fourth-order valence-electron chi connectivity index (χ4n) is 3.88. The number of rotatable bonds is 11. The Balaban J connectivity index is 2.26. The molecule has 0 fully saturated rings. The molecule has 0 aliphatic rings. The minimum absolute atomic E-state index is 0.0151. The summed E-state index contributed by atoms with van der Waals surface area (Å²) >= 11 is 0. The van der Waals surface area contributed by atoms with Gasteiger partial charge in [-0.2, -0.15) is 8.42 Å². The minimum Gasteiger partial charge on any atom is -0.496 e. The maximum atomic E-state index is 12.4. The van der Waals surface area contributed by atoms with E-state index in [1.807, 2.05) is 63.2 Å². The average Bonchev–Trinajstić information content (AvgIpc) is 2.87. The van der Waals surface area contributed by atoms with E-state index in [4.69, 9.17) is 23.1 Å². The van der Waals surface area contributed by atoms with Gasteiger partial charge in [-0.15, -0.1) is 0 Å². The van der Waals surface area contributed by atoms with Crippen molar-refractivity contribution in [2.24, 2.45) is 0 Å².